The Kier molecular flexibility index (Phi) is 4.15. The van der Waals surface area contributed by atoms with Gasteiger partial charge in [-0.3, -0.25) is 15.3 Å². The summed E-state index contributed by atoms with van der Waals surface area (Å²) in [4.78, 5) is 4.88. The van der Waals surface area contributed by atoms with Gasteiger partial charge < -0.3 is 20.1 Å². The highest BCUT2D eigenvalue weighted by molar-refractivity contribution is 7.80. The van der Waals surface area contributed by atoms with Crippen LogP contribution in [0.15, 0.2) is 4.99 Å². The molecule has 2 unspecified atom stereocenters. The molecule has 1 saturated heterocycles. The molecular formula is C8H14N4O6S. The zero-order chi connectivity index (χ0) is 14.2. The monoisotopic (exact) mass is 294 g/mol. The Balaban J connectivity index is 2.15. The summed E-state index contributed by atoms with van der Waals surface area (Å²) in [5, 5.41) is 47.2. The van der Waals surface area contributed by atoms with E-state index in [4.69, 9.17) is 27.3 Å². The van der Waals surface area contributed by atoms with Crippen LogP contribution in [0.4, 0.5) is 0 Å². The lowest BCUT2D eigenvalue weighted by Crippen LogP contribution is -2.56. The lowest BCUT2D eigenvalue weighted by atomic mass is 10.1. The number of hydroxylamine groups is 3. The molecule has 0 spiro atoms. The van der Waals surface area contributed by atoms with Crippen molar-refractivity contribution in [2.75, 3.05) is 13.3 Å². The SMILES string of the molecule is OC[C@H]1O[C@@H](N2CN(O)C(NO)=NC2=S)C(O)C1O. The number of guanidine groups is 1. The Morgan fingerprint density at radius 3 is 2.63 bits per heavy atom. The second-order valence-corrected chi connectivity index (χ2v) is 4.43. The van der Waals surface area contributed by atoms with Crippen LogP contribution in [0.2, 0.25) is 0 Å². The van der Waals surface area contributed by atoms with Crippen molar-refractivity contribution >= 4 is 23.3 Å². The first-order valence-corrected chi connectivity index (χ1v) is 5.78. The van der Waals surface area contributed by atoms with Crippen LogP contribution in [0.3, 0.4) is 0 Å². The van der Waals surface area contributed by atoms with Crippen molar-refractivity contribution in [1.82, 2.24) is 15.4 Å². The number of ether oxygens (including phenoxy) is 1. The maximum atomic E-state index is 9.84. The van der Waals surface area contributed by atoms with Crippen molar-refractivity contribution in [1.29, 1.82) is 0 Å². The number of hydrogen-bond acceptors (Lipinski definition) is 9. The van der Waals surface area contributed by atoms with Crippen molar-refractivity contribution in [3.8, 4) is 0 Å². The Labute approximate surface area is 113 Å². The number of rotatable bonds is 2. The molecule has 10 nitrogen and oxygen atoms in total. The normalized spacial score (nSPS) is 35.6. The number of nitrogens with one attached hydrogen (secondary N) is 1. The van der Waals surface area contributed by atoms with E-state index in [1.807, 2.05) is 0 Å². The first kappa shape index (κ1) is 14.3. The topological polar surface area (TPSA) is 141 Å². The summed E-state index contributed by atoms with van der Waals surface area (Å²) in [7, 11) is 0. The molecule has 19 heavy (non-hydrogen) atoms. The summed E-state index contributed by atoms with van der Waals surface area (Å²) < 4.78 is 5.26. The molecule has 0 aromatic heterocycles. The second-order valence-electron chi connectivity index (χ2n) is 4.07. The minimum absolute atomic E-state index is 0.0586. The van der Waals surface area contributed by atoms with Gasteiger partial charge in [0.1, 0.15) is 25.0 Å². The summed E-state index contributed by atoms with van der Waals surface area (Å²) in [6, 6.07) is 0. The lowest BCUT2D eigenvalue weighted by Gasteiger charge is -2.36. The third-order valence-corrected chi connectivity index (χ3v) is 3.23. The molecule has 0 bridgehead atoms. The standard InChI is InChI=1S/C8H14N4O6S/c13-1-3-4(14)5(15)6(18-3)11-2-12(17)7(10-16)9-8(11)19/h3-6,13-17H,1-2H2,(H,9,10,19)/t3-,4?,5?,6-/m1/s1. The Hall–Kier alpha value is -1.08. The highest BCUT2D eigenvalue weighted by Gasteiger charge is 2.47. The minimum Gasteiger partial charge on any atom is -0.394 e. The van der Waals surface area contributed by atoms with Crippen LogP contribution in [0, 0.1) is 0 Å². The van der Waals surface area contributed by atoms with Crippen molar-refractivity contribution < 1.29 is 30.5 Å². The molecule has 2 aliphatic heterocycles. The van der Waals surface area contributed by atoms with E-state index < -0.39 is 31.1 Å². The van der Waals surface area contributed by atoms with E-state index >= 15 is 0 Å². The van der Waals surface area contributed by atoms with Crippen molar-refractivity contribution in [2.24, 2.45) is 4.99 Å². The molecule has 108 valence electrons. The van der Waals surface area contributed by atoms with Gasteiger partial charge >= 0.3 is 0 Å². The molecule has 0 saturated carbocycles. The molecule has 0 aromatic rings. The summed E-state index contributed by atoms with van der Waals surface area (Å²) in [5.41, 5.74) is 1.65. The molecule has 11 heteroatoms. The largest absolute Gasteiger partial charge is 0.394 e. The van der Waals surface area contributed by atoms with Gasteiger partial charge in [0.15, 0.2) is 6.23 Å². The van der Waals surface area contributed by atoms with E-state index in [0.717, 1.165) is 0 Å². The van der Waals surface area contributed by atoms with Gasteiger partial charge in [-0.2, -0.15) is 4.99 Å². The number of aliphatic imine (C=N–C) groups is 1. The van der Waals surface area contributed by atoms with Crippen LogP contribution in [0.5, 0.6) is 0 Å². The Morgan fingerprint density at radius 2 is 2.11 bits per heavy atom. The van der Waals surface area contributed by atoms with E-state index in [0.29, 0.717) is 5.06 Å². The summed E-state index contributed by atoms with van der Waals surface area (Å²) in [6.45, 7) is -0.706. The molecular weight excluding hydrogens is 280 g/mol. The molecule has 0 aliphatic carbocycles. The number of nitrogens with zero attached hydrogens (tertiary/aromatic N) is 3. The fourth-order valence-electron chi connectivity index (χ4n) is 1.89. The fourth-order valence-corrected chi connectivity index (χ4v) is 2.14. The predicted molar refractivity (Wildman–Crippen MR) is 63.0 cm³/mol. The summed E-state index contributed by atoms with van der Waals surface area (Å²) >= 11 is 4.94. The summed E-state index contributed by atoms with van der Waals surface area (Å²) in [6.07, 6.45) is -4.59. The van der Waals surface area contributed by atoms with Crippen molar-refractivity contribution in [3.05, 3.63) is 0 Å². The Bertz CT molecular complexity index is 395. The van der Waals surface area contributed by atoms with Gasteiger partial charge in [-0.25, -0.2) is 10.5 Å². The third kappa shape index (κ3) is 2.49. The van der Waals surface area contributed by atoms with Gasteiger partial charge in [0.2, 0.25) is 5.11 Å². The van der Waals surface area contributed by atoms with Gasteiger partial charge in [0.25, 0.3) is 5.96 Å². The lowest BCUT2D eigenvalue weighted by molar-refractivity contribution is -0.123. The zero-order valence-corrected chi connectivity index (χ0v) is 10.4. The van der Waals surface area contributed by atoms with Gasteiger partial charge in [-0.05, 0) is 12.2 Å². The predicted octanol–water partition coefficient (Wildman–Crippen LogP) is -2.99. The maximum absolute atomic E-state index is 9.84. The van der Waals surface area contributed by atoms with Gasteiger partial charge in [0, 0.05) is 0 Å². The van der Waals surface area contributed by atoms with Crippen LogP contribution < -0.4 is 5.48 Å². The van der Waals surface area contributed by atoms with Gasteiger partial charge in [-0.15, -0.1) is 0 Å². The summed E-state index contributed by atoms with van der Waals surface area (Å²) in [5.74, 6) is -0.270. The van der Waals surface area contributed by atoms with Crippen LogP contribution in [0.1, 0.15) is 0 Å². The van der Waals surface area contributed by atoms with Crippen LogP contribution >= 0.6 is 12.2 Å². The minimum atomic E-state index is -1.32. The van der Waals surface area contributed by atoms with E-state index in [1.165, 1.54) is 4.90 Å². The molecule has 2 rings (SSSR count). The average molecular weight is 294 g/mol. The molecule has 6 N–H and O–H groups in total. The molecule has 0 aromatic carbocycles. The smallest absolute Gasteiger partial charge is 0.251 e. The molecule has 2 heterocycles. The maximum Gasteiger partial charge on any atom is 0.251 e. The van der Waals surface area contributed by atoms with E-state index in [-0.39, 0.29) is 17.7 Å². The fraction of sp³-hybridized carbons (Fsp3) is 0.750. The molecule has 4 atom stereocenters. The number of thiocarbonyl (C=S) groups is 1. The number of aliphatic hydroxyl groups excluding tert-OH is 3. The van der Waals surface area contributed by atoms with Crippen LogP contribution in [-0.4, -0.2) is 84.6 Å². The third-order valence-electron chi connectivity index (χ3n) is 2.90. The first-order chi connectivity index (χ1) is 8.99. The Morgan fingerprint density at radius 1 is 1.42 bits per heavy atom. The first-order valence-electron chi connectivity index (χ1n) is 5.38. The highest BCUT2D eigenvalue weighted by atomic mass is 32.1. The highest BCUT2D eigenvalue weighted by Crippen LogP contribution is 2.25. The van der Waals surface area contributed by atoms with Crippen molar-refractivity contribution in [3.63, 3.8) is 0 Å². The van der Waals surface area contributed by atoms with Crippen molar-refractivity contribution in [2.45, 2.75) is 24.5 Å². The second kappa shape index (κ2) is 5.50. The average Bonchev–Trinajstić information content (AvgIpc) is 2.68. The van der Waals surface area contributed by atoms with Gasteiger partial charge in [-0.1, -0.05) is 0 Å². The van der Waals surface area contributed by atoms with E-state index in [1.54, 1.807) is 5.48 Å². The van der Waals surface area contributed by atoms with E-state index in [2.05, 4.69) is 4.99 Å². The molecule has 0 radical (unpaired) electrons. The van der Waals surface area contributed by atoms with Crippen LogP contribution in [-0.2, 0) is 4.74 Å². The molecule has 1 fully saturated rings. The quantitative estimate of drug-likeness (QED) is 0.231. The van der Waals surface area contributed by atoms with Crippen LogP contribution in [0.25, 0.3) is 0 Å². The number of hydrogen-bond donors (Lipinski definition) is 6. The number of aliphatic hydroxyl groups is 3. The molecule has 2 aliphatic rings. The van der Waals surface area contributed by atoms with Gasteiger partial charge in [0.05, 0.1) is 6.61 Å². The zero-order valence-electron chi connectivity index (χ0n) is 9.62. The molecule has 0 amide bonds. The van der Waals surface area contributed by atoms with E-state index in [9.17, 15) is 15.4 Å².